The second-order valence-electron chi connectivity index (χ2n) is 5.63. The number of anilines is 1. The first-order chi connectivity index (χ1) is 9.09. The number of hydrogen-bond acceptors (Lipinski definition) is 2. The molecule has 1 amide bonds. The number of fused-ring (bicyclic) bond motifs is 1. The zero-order chi connectivity index (χ0) is 13.6. The molecule has 2 aliphatic carbocycles. The van der Waals surface area contributed by atoms with Gasteiger partial charge in [0.25, 0.3) is 0 Å². The minimum atomic E-state index is -1.01. The molecule has 3 rings (SSSR count). The second kappa shape index (κ2) is 4.40. The highest BCUT2D eigenvalue weighted by atomic mass is 16.4. The van der Waals surface area contributed by atoms with Crippen molar-refractivity contribution >= 4 is 17.6 Å². The molecule has 19 heavy (non-hydrogen) atoms. The lowest BCUT2D eigenvalue weighted by atomic mass is 10.0. The number of nitrogens with one attached hydrogen (secondary N) is 2. The Morgan fingerprint density at radius 3 is 2.53 bits per heavy atom. The Bertz CT molecular complexity index is 523. The molecule has 2 unspecified atom stereocenters. The summed E-state index contributed by atoms with van der Waals surface area (Å²) < 4.78 is 0. The number of amides is 1. The zero-order valence-corrected chi connectivity index (χ0v) is 10.9. The Morgan fingerprint density at radius 1 is 1.32 bits per heavy atom. The van der Waals surface area contributed by atoms with Gasteiger partial charge in [0.1, 0.15) is 5.56 Å². The second-order valence-corrected chi connectivity index (χ2v) is 5.63. The van der Waals surface area contributed by atoms with Crippen molar-refractivity contribution in [3.8, 4) is 0 Å². The zero-order valence-electron chi connectivity index (χ0n) is 10.9. The van der Waals surface area contributed by atoms with Gasteiger partial charge in [0.2, 0.25) is 5.91 Å². The Labute approximate surface area is 111 Å². The Hall–Kier alpha value is -1.78. The maximum absolute atomic E-state index is 12.2. The maximum Gasteiger partial charge on any atom is 0.339 e. The molecule has 5 heteroatoms. The molecular weight excluding hydrogens is 244 g/mol. The molecule has 102 valence electrons. The van der Waals surface area contributed by atoms with E-state index in [1.54, 1.807) is 13.1 Å². The van der Waals surface area contributed by atoms with Gasteiger partial charge in [-0.15, -0.1) is 0 Å². The van der Waals surface area contributed by atoms with Gasteiger partial charge in [-0.2, -0.15) is 0 Å². The number of carboxylic acids is 1. The molecule has 0 spiro atoms. The van der Waals surface area contributed by atoms with Gasteiger partial charge in [-0.05, 0) is 31.6 Å². The lowest BCUT2D eigenvalue weighted by Gasteiger charge is -2.04. The van der Waals surface area contributed by atoms with Gasteiger partial charge in [-0.25, -0.2) is 4.79 Å². The third-order valence-corrected chi connectivity index (χ3v) is 4.51. The predicted molar refractivity (Wildman–Crippen MR) is 70.1 cm³/mol. The minimum absolute atomic E-state index is 0.0154. The number of carbonyl (C=O) groups excluding carboxylic acids is 1. The van der Waals surface area contributed by atoms with Gasteiger partial charge in [0.15, 0.2) is 0 Å². The first-order valence-electron chi connectivity index (χ1n) is 6.81. The molecule has 2 fully saturated rings. The number of carboxylic acid groups (broad SMARTS) is 1. The summed E-state index contributed by atoms with van der Waals surface area (Å²) >= 11 is 0. The summed E-state index contributed by atoms with van der Waals surface area (Å²) in [5.74, 6) is 0.129. The number of carbonyl (C=O) groups is 2. The number of aromatic carboxylic acids is 1. The van der Waals surface area contributed by atoms with Gasteiger partial charge < -0.3 is 15.4 Å². The number of hydrogen-bond donors (Lipinski definition) is 3. The van der Waals surface area contributed by atoms with E-state index in [0.29, 0.717) is 23.2 Å². The summed E-state index contributed by atoms with van der Waals surface area (Å²) in [6.07, 6.45) is 6.27. The van der Waals surface area contributed by atoms with Crippen molar-refractivity contribution in [1.29, 1.82) is 0 Å². The van der Waals surface area contributed by atoms with E-state index < -0.39 is 5.97 Å². The topological polar surface area (TPSA) is 82.2 Å². The molecule has 5 nitrogen and oxygen atoms in total. The lowest BCUT2D eigenvalue weighted by Crippen LogP contribution is -2.17. The van der Waals surface area contributed by atoms with Crippen LogP contribution in [0.4, 0.5) is 5.69 Å². The molecule has 0 radical (unpaired) electrons. The number of aryl methyl sites for hydroxylation is 1. The van der Waals surface area contributed by atoms with E-state index in [9.17, 15) is 9.59 Å². The van der Waals surface area contributed by atoms with E-state index in [4.69, 9.17) is 5.11 Å². The molecule has 3 N–H and O–H groups in total. The Balaban J connectivity index is 1.72. The fourth-order valence-corrected chi connectivity index (χ4v) is 3.50. The largest absolute Gasteiger partial charge is 0.478 e. The molecule has 0 bridgehead atoms. The van der Waals surface area contributed by atoms with Gasteiger partial charge in [0, 0.05) is 17.8 Å². The average molecular weight is 262 g/mol. The van der Waals surface area contributed by atoms with Crippen LogP contribution >= 0.6 is 0 Å². The van der Waals surface area contributed by atoms with Crippen molar-refractivity contribution in [2.75, 3.05) is 5.32 Å². The summed E-state index contributed by atoms with van der Waals surface area (Å²) in [6, 6.07) is 0. The van der Waals surface area contributed by atoms with Crippen LogP contribution in [0.15, 0.2) is 6.20 Å². The van der Waals surface area contributed by atoms with Gasteiger partial charge in [-0.1, -0.05) is 12.8 Å². The fraction of sp³-hybridized carbons (Fsp3) is 0.571. The van der Waals surface area contributed by atoms with Crippen LogP contribution in [-0.4, -0.2) is 22.0 Å². The third-order valence-electron chi connectivity index (χ3n) is 4.51. The van der Waals surface area contributed by atoms with Gasteiger partial charge in [0.05, 0.1) is 5.69 Å². The predicted octanol–water partition coefficient (Wildman–Crippen LogP) is 2.40. The van der Waals surface area contributed by atoms with E-state index in [2.05, 4.69) is 10.3 Å². The summed E-state index contributed by atoms with van der Waals surface area (Å²) in [6.45, 7) is 1.69. The first-order valence-corrected chi connectivity index (χ1v) is 6.81. The summed E-state index contributed by atoms with van der Waals surface area (Å²) in [4.78, 5) is 26.2. The molecule has 2 aliphatic rings. The monoisotopic (exact) mass is 262 g/mol. The van der Waals surface area contributed by atoms with Gasteiger partial charge in [-0.3, -0.25) is 4.79 Å². The van der Waals surface area contributed by atoms with Crippen LogP contribution in [0.3, 0.4) is 0 Å². The van der Waals surface area contributed by atoms with E-state index in [0.717, 1.165) is 12.8 Å². The normalized spacial score (nSPS) is 28.6. The van der Waals surface area contributed by atoms with Crippen molar-refractivity contribution in [3.05, 3.63) is 17.5 Å². The highest BCUT2D eigenvalue weighted by molar-refractivity contribution is 6.02. The molecule has 1 aromatic rings. The van der Waals surface area contributed by atoms with E-state index >= 15 is 0 Å². The Kier molecular flexibility index (Phi) is 2.84. The summed E-state index contributed by atoms with van der Waals surface area (Å²) in [5.41, 5.74) is 1.12. The van der Waals surface area contributed by atoms with Crippen LogP contribution in [0.5, 0.6) is 0 Å². The van der Waals surface area contributed by atoms with Crippen molar-refractivity contribution in [3.63, 3.8) is 0 Å². The molecule has 1 heterocycles. The first kappa shape index (κ1) is 12.3. The van der Waals surface area contributed by atoms with Crippen molar-refractivity contribution in [2.45, 2.75) is 32.6 Å². The van der Waals surface area contributed by atoms with Crippen molar-refractivity contribution in [2.24, 2.45) is 17.8 Å². The maximum atomic E-state index is 12.2. The smallest absolute Gasteiger partial charge is 0.339 e. The van der Waals surface area contributed by atoms with Crippen LogP contribution in [0.1, 0.15) is 41.7 Å². The quantitative estimate of drug-likeness (QED) is 0.782. The third kappa shape index (κ3) is 2.03. The Morgan fingerprint density at radius 2 is 1.95 bits per heavy atom. The van der Waals surface area contributed by atoms with Crippen LogP contribution in [0.25, 0.3) is 0 Å². The fourth-order valence-electron chi connectivity index (χ4n) is 3.50. The molecule has 0 aliphatic heterocycles. The molecular formula is C14H18N2O3. The average Bonchev–Trinajstić information content (AvgIpc) is 2.99. The summed E-state index contributed by atoms with van der Waals surface area (Å²) in [5, 5.41) is 11.9. The van der Waals surface area contributed by atoms with Crippen LogP contribution in [0, 0.1) is 24.7 Å². The molecule has 1 aromatic heterocycles. The minimum Gasteiger partial charge on any atom is -0.478 e. The summed E-state index contributed by atoms with van der Waals surface area (Å²) in [7, 11) is 0. The van der Waals surface area contributed by atoms with Crippen LogP contribution in [-0.2, 0) is 4.79 Å². The number of H-pyrrole nitrogens is 1. The molecule has 2 atom stereocenters. The number of aromatic nitrogens is 1. The standard InChI is InChI=1S/C14H18N2O3/c1-7-11(14(18)19)10(6-15-7)16-13(17)12-8-4-2-3-5-9(8)12/h6,8-9,12,15H,2-5H2,1H3,(H,16,17)(H,18,19). The SMILES string of the molecule is Cc1[nH]cc(NC(=O)C2C3CCCCC32)c1C(=O)O. The lowest BCUT2D eigenvalue weighted by molar-refractivity contribution is -0.117. The number of aromatic amines is 1. The highest BCUT2D eigenvalue weighted by Gasteiger charge is 2.54. The van der Waals surface area contributed by atoms with Crippen LogP contribution in [0.2, 0.25) is 0 Å². The molecule has 0 saturated heterocycles. The number of rotatable bonds is 3. The van der Waals surface area contributed by atoms with E-state index in [1.807, 2.05) is 0 Å². The molecule has 2 saturated carbocycles. The van der Waals surface area contributed by atoms with Crippen molar-refractivity contribution in [1.82, 2.24) is 4.98 Å². The highest BCUT2D eigenvalue weighted by Crippen LogP contribution is 2.55. The van der Waals surface area contributed by atoms with E-state index in [-0.39, 0.29) is 17.4 Å². The van der Waals surface area contributed by atoms with Crippen molar-refractivity contribution < 1.29 is 14.7 Å². The van der Waals surface area contributed by atoms with E-state index in [1.165, 1.54) is 12.8 Å². The van der Waals surface area contributed by atoms with Crippen LogP contribution < -0.4 is 5.32 Å². The molecule has 0 aromatic carbocycles. The van der Waals surface area contributed by atoms with Gasteiger partial charge >= 0.3 is 5.97 Å².